The largest absolute Gasteiger partial charge is 0.416 e. The quantitative estimate of drug-likeness (QED) is 0.362. The number of carbonyl (C=O) groups is 2. The van der Waals surface area contributed by atoms with Crippen molar-refractivity contribution in [2.24, 2.45) is 0 Å². The minimum absolute atomic E-state index is 0.0401. The third-order valence-corrected chi connectivity index (χ3v) is 7.46. The fourth-order valence-corrected chi connectivity index (χ4v) is 4.96. The van der Waals surface area contributed by atoms with E-state index in [1.807, 2.05) is 12.1 Å². The number of likely N-dealkylation sites (tertiary alicyclic amines) is 1. The first-order valence-corrected chi connectivity index (χ1v) is 14.8. The first kappa shape index (κ1) is 34.6. The Kier molecular flexibility index (Phi) is 13.2. The van der Waals surface area contributed by atoms with E-state index in [-0.39, 0.29) is 24.1 Å². The molecule has 12 heteroatoms. The number of amides is 2. The molecule has 2 fully saturated rings. The highest BCUT2D eigenvalue weighted by Gasteiger charge is 2.31. The predicted octanol–water partition coefficient (Wildman–Crippen LogP) is 4.89. The molecule has 0 unspecified atom stereocenters. The number of rotatable bonds is 6. The molecule has 1 saturated heterocycles. The molecule has 9 nitrogen and oxygen atoms in total. The molecule has 238 valence electrons. The van der Waals surface area contributed by atoms with Crippen LogP contribution in [0.5, 0.6) is 0 Å². The number of benzene rings is 1. The highest BCUT2D eigenvalue weighted by Crippen LogP contribution is 2.29. The van der Waals surface area contributed by atoms with E-state index in [2.05, 4.69) is 39.4 Å². The van der Waals surface area contributed by atoms with Gasteiger partial charge in [0, 0.05) is 54.5 Å². The monoisotopic (exact) mass is 614 g/mol. The number of hydrogen-bond acceptors (Lipinski definition) is 7. The predicted molar refractivity (Wildman–Crippen MR) is 161 cm³/mol. The molecule has 3 aromatic rings. The van der Waals surface area contributed by atoms with Gasteiger partial charge >= 0.3 is 6.18 Å². The molecular weight excluding hydrogens is 573 g/mol. The summed E-state index contributed by atoms with van der Waals surface area (Å²) in [6, 6.07) is 9.71. The second-order valence-corrected chi connectivity index (χ2v) is 11.0. The maximum Gasteiger partial charge on any atom is 0.416 e. The van der Waals surface area contributed by atoms with Crippen molar-refractivity contribution in [1.29, 1.82) is 0 Å². The standard InChI is InChI=1S/C14H15F3N2O2.C9H7N3.C9H19NO/c15-14(16,17)11-5-3-4-10(8-11)13(21)18-9-12(20)19-6-1-2-7-19;1-3-8(7-10-4-1)9-11-5-2-6-12-9;1-3-10-9(2)6-4-8(11)5-7-9/h3-5,8H,1-2,6-7,9H2,(H,18,21);1-7H;8,10-11H,3-7H2,1-2H3. The van der Waals surface area contributed by atoms with E-state index in [9.17, 15) is 27.9 Å². The molecule has 0 radical (unpaired) electrons. The lowest BCUT2D eigenvalue weighted by molar-refractivity contribution is -0.137. The lowest BCUT2D eigenvalue weighted by atomic mass is 9.82. The van der Waals surface area contributed by atoms with E-state index in [1.165, 1.54) is 12.1 Å². The van der Waals surface area contributed by atoms with Crippen molar-refractivity contribution in [2.75, 3.05) is 26.2 Å². The number of hydrogen-bond donors (Lipinski definition) is 3. The smallest absolute Gasteiger partial charge is 0.393 e. The molecule has 0 spiro atoms. The molecule has 1 aromatic carbocycles. The fourth-order valence-electron chi connectivity index (χ4n) is 4.96. The van der Waals surface area contributed by atoms with Crippen molar-refractivity contribution in [1.82, 2.24) is 30.5 Å². The van der Waals surface area contributed by atoms with Crippen LogP contribution in [0.4, 0.5) is 13.2 Å². The van der Waals surface area contributed by atoms with Crippen LogP contribution >= 0.6 is 0 Å². The number of aromatic nitrogens is 3. The summed E-state index contributed by atoms with van der Waals surface area (Å²) in [5.74, 6) is -0.188. The van der Waals surface area contributed by atoms with E-state index >= 15 is 0 Å². The highest BCUT2D eigenvalue weighted by atomic mass is 19.4. The number of alkyl halides is 3. The molecule has 2 amide bonds. The van der Waals surface area contributed by atoms with Crippen LogP contribution in [-0.2, 0) is 11.0 Å². The molecule has 44 heavy (non-hydrogen) atoms. The SMILES string of the molecule is CCNC1(C)CCC(O)CC1.O=C(NCC(=O)N1CCCC1)c1cccc(C(F)(F)F)c1.c1cnc(-c2cccnc2)nc1. The lowest BCUT2D eigenvalue weighted by Crippen LogP contribution is -2.45. The number of halogens is 3. The Labute approximate surface area is 256 Å². The van der Waals surface area contributed by atoms with Gasteiger partial charge in [0.2, 0.25) is 5.91 Å². The minimum Gasteiger partial charge on any atom is -0.393 e. The van der Waals surface area contributed by atoms with Crippen molar-refractivity contribution in [3.8, 4) is 11.4 Å². The van der Waals surface area contributed by atoms with Gasteiger partial charge in [0.05, 0.1) is 18.2 Å². The Balaban J connectivity index is 0.000000195. The first-order chi connectivity index (χ1) is 21.0. The van der Waals surface area contributed by atoms with Gasteiger partial charge in [0.15, 0.2) is 5.82 Å². The maximum absolute atomic E-state index is 12.6. The van der Waals surface area contributed by atoms with Crippen LogP contribution in [0.1, 0.15) is 68.3 Å². The average Bonchev–Trinajstić information content (AvgIpc) is 3.58. The van der Waals surface area contributed by atoms with Crippen LogP contribution in [0.15, 0.2) is 67.3 Å². The Morgan fingerprint density at radius 1 is 1.02 bits per heavy atom. The van der Waals surface area contributed by atoms with Gasteiger partial charge in [0.1, 0.15) is 0 Å². The zero-order valence-electron chi connectivity index (χ0n) is 25.2. The van der Waals surface area contributed by atoms with Crippen molar-refractivity contribution in [2.45, 2.75) is 70.2 Å². The molecular formula is C32H41F3N6O3. The van der Waals surface area contributed by atoms with Crippen molar-refractivity contribution in [3.63, 3.8) is 0 Å². The molecule has 5 rings (SSSR count). The first-order valence-electron chi connectivity index (χ1n) is 14.8. The lowest BCUT2D eigenvalue weighted by Gasteiger charge is -2.36. The molecule has 3 heterocycles. The van der Waals surface area contributed by atoms with Crippen LogP contribution in [0.2, 0.25) is 0 Å². The van der Waals surface area contributed by atoms with Crippen LogP contribution in [0.25, 0.3) is 11.4 Å². The summed E-state index contributed by atoms with van der Waals surface area (Å²) < 4.78 is 37.7. The summed E-state index contributed by atoms with van der Waals surface area (Å²) in [5, 5.41) is 15.1. The second kappa shape index (κ2) is 16.8. The van der Waals surface area contributed by atoms with Crippen molar-refractivity contribution < 1.29 is 27.9 Å². The summed E-state index contributed by atoms with van der Waals surface area (Å²) in [6.45, 7) is 6.55. The van der Waals surface area contributed by atoms with Gasteiger partial charge in [-0.2, -0.15) is 13.2 Å². The Bertz CT molecular complexity index is 1260. The van der Waals surface area contributed by atoms with Crippen LogP contribution in [0, 0.1) is 0 Å². The zero-order chi connectivity index (χ0) is 32.0. The average molecular weight is 615 g/mol. The van der Waals surface area contributed by atoms with E-state index in [1.54, 1.807) is 35.8 Å². The van der Waals surface area contributed by atoms with Gasteiger partial charge in [-0.05, 0) is 88.4 Å². The number of aliphatic hydroxyl groups is 1. The van der Waals surface area contributed by atoms with Crippen LogP contribution < -0.4 is 10.6 Å². The van der Waals surface area contributed by atoms with Crippen LogP contribution in [0.3, 0.4) is 0 Å². The normalized spacial score (nSPS) is 19.6. The van der Waals surface area contributed by atoms with E-state index in [0.29, 0.717) is 24.5 Å². The minimum atomic E-state index is -4.50. The summed E-state index contributed by atoms with van der Waals surface area (Å²) >= 11 is 0. The molecule has 3 N–H and O–H groups in total. The topological polar surface area (TPSA) is 120 Å². The van der Waals surface area contributed by atoms with E-state index < -0.39 is 17.6 Å². The molecule has 1 aliphatic heterocycles. The van der Waals surface area contributed by atoms with Gasteiger partial charge in [-0.15, -0.1) is 0 Å². The summed E-state index contributed by atoms with van der Waals surface area (Å²) in [6.07, 6.45) is 8.40. The maximum atomic E-state index is 12.6. The van der Waals surface area contributed by atoms with Gasteiger partial charge in [0.25, 0.3) is 5.91 Å². The third-order valence-electron chi connectivity index (χ3n) is 7.46. The van der Waals surface area contributed by atoms with Gasteiger partial charge < -0.3 is 20.6 Å². The highest BCUT2D eigenvalue weighted by molar-refractivity contribution is 5.96. The number of aliphatic hydroxyl groups excluding tert-OH is 1. The second-order valence-electron chi connectivity index (χ2n) is 11.0. The molecule has 0 bridgehead atoms. The Hall–Kier alpha value is -3.90. The Morgan fingerprint density at radius 2 is 1.70 bits per heavy atom. The fraction of sp³-hybridized carbons (Fsp3) is 0.469. The molecule has 1 saturated carbocycles. The van der Waals surface area contributed by atoms with Gasteiger partial charge in [-0.1, -0.05) is 13.0 Å². The number of carbonyl (C=O) groups excluding carboxylic acids is 2. The summed E-state index contributed by atoms with van der Waals surface area (Å²) in [5.41, 5.74) is 0.242. The van der Waals surface area contributed by atoms with Crippen molar-refractivity contribution in [3.05, 3.63) is 78.4 Å². The van der Waals surface area contributed by atoms with E-state index in [4.69, 9.17) is 0 Å². The van der Waals surface area contributed by atoms with E-state index in [0.717, 1.165) is 62.8 Å². The molecule has 2 aromatic heterocycles. The molecule has 0 atom stereocenters. The summed E-state index contributed by atoms with van der Waals surface area (Å²) in [7, 11) is 0. The van der Waals surface area contributed by atoms with Crippen molar-refractivity contribution >= 4 is 11.8 Å². The Morgan fingerprint density at radius 3 is 2.30 bits per heavy atom. The van der Waals surface area contributed by atoms with Gasteiger partial charge in [-0.3, -0.25) is 14.6 Å². The third kappa shape index (κ3) is 11.3. The molecule has 1 aliphatic carbocycles. The van der Waals surface area contributed by atoms with Crippen LogP contribution in [-0.4, -0.2) is 74.6 Å². The zero-order valence-corrected chi connectivity index (χ0v) is 25.2. The molecule has 2 aliphatic rings. The summed E-state index contributed by atoms with van der Waals surface area (Å²) in [4.78, 5) is 37.3. The number of nitrogens with zero attached hydrogens (tertiary/aromatic N) is 4. The number of pyridine rings is 1. The number of nitrogens with one attached hydrogen (secondary N) is 2. The van der Waals surface area contributed by atoms with Gasteiger partial charge in [-0.25, -0.2) is 9.97 Å².